The molecule has 1 atom stereocenters. The number of amides is 2. The Morgan fingerprint density at radius 2 is 1.92 bits per heavy atom. The predicted octanol–water partition coefficient (Wildman–Crippen LogP) is 3.92. The van der Waals surface area contributed by atoms with E-state index in [1.54, 1.807) is 0 Å². The first-order chi connectivity index (χ1) is 17.1. The van der Waals surface area contributed by atoms with Crippen molar-refractivity contribution < 1.29 is 23.5 Å². The zero-order chi connectivity index (χ0) is 25.7. The molecule has 0 radical (unpaired) electrons. The molecule has 7 nitrogen and oxygen atoms in total. The third-order valence-corrected chi connectivity index (χ3v) is 7.25. The molecular weight excluding hydrogens is 485 g/mol. The van der Waals surface area contributed by atoms with Crippen LogP contribution >= 0.6 is 11.6 Å². The van der Waals surface area contributed by atoms with E-state index in [0.29, 0.717) is 38.1 Å². The molecule has 6 rings (SSSR count). The van der Waals surface area contributed by atoms with Crippen molar-refractivity contribution in [3.8, 4) is 11.5 Å². The van der Waals surface area contributed by atoms with Crippen LogP contribution in [0.3, 0.4) is 0 Å². The Labute approximate surface area is 214 Å². The minimum atomic E-state index is -0.632. The minimum absolute atomic E-state index is 0.00512. The normalized spacial score (nSPS) is 25.4. The molecule has 0 unspecified atom stereocenters. The zero-order valence-corrected chi connectivity index (χ0v) is 21.1. The van der Waals surface area contributed by atoms with Gasteiger partial charge in [-0.2, -0.15) is 0 Å². The molecule has 3 fully saturated rings. The number of carbonyl (C=O) groups is 2. The van der Waals surface area contributed by atoms with Gasteiger partial charge in [-0.3, -0.25) is 9.59 Å². The third kappa shape index (κ3) is 4.74. The van der Waals surface area contributed by atoms with Gasteiger partial charge in [-0.15, -0.1) is 0 Å². The Kier molecular flexibility index (Phi) is 6.11. The average molecular weight is 514 g/mol. The van der Waals surface area contributed by atoms with Gasteiger partial charge in [0.05, 0.1) is 17.3 Å². The quantitative estimate of drug-likeness (QED) is 0.523. The molecule has 4 aliphatic rings. The number of fused-ring (bicyclic) bond motifs is 1. The number of anilines is 1. The van der Waals surface area contributed by atoms with Crippen molar-refractivity contribution in [1.82, 2.24) is 10.6 Å². The fourth-order valence-electron chi connectivity index (χ4n) is 5.52. The minimum Gasteiger partial charge on any atom is -0.484 e. The second-order valence-corrected chi connectivity index (χ2v) is 10.8. The summed E-state index contributed by atoms with van der Waals surface area (Å²) in [4.78, 5) is 27.6. The molecule has 2 aromatic carbocycles. The van der Waals surface area contributed by atoms with E-state index in [0.717, 1.165) is 22.9 Å². The first kappa shape index (κ1) is 24.4. The highest BCUT2D eigenvalue weighted by Crippen LogP contribution is 2.60. The van der Waals surface area contributed by atoms with Gasteiger partial charge in [0.2, 0.25) is 0 Å². The van der Waals surface area contributed by atoms with E-state index in [1.807, 2.05) is 26.0 Å². The molecule has 1 aliphatic heterocycles. The second kappa shape index (κ2) is 9.00. The zero-order valence-electron chi connectivity index (χ0n) is 20.3. The Hall–Kier alpha value is -3.26. The molecule has 2 bridgehead atoms. The molecule has 3 aliphatic carbocycles. The van der Waals surface area contributed by atoms with E-state index in [-0.39, 0.29) is 40.3 Å². The number of benzene rings is 2. The van der Waals surface area contributed by atoms with E-state index >= 15 is 0 Å². The van der Waals surface area contributed by atoms with E-state index < -0.39 is 11.9 Å². The Morgan fingerprint density at radius 3 is 2.61 bits per heavy atom. The maximum absolute atomic E-state index is 13.5. The molecule has 9 heteroatoms. The molecule has 1 heterocycles. The predicted molar refractivity (Wildman–Crippen MR) is 135 cm³/mol. The van der Waals surface area contributed by atoms with Gasteiger partial charge in [0, 0.05) is 23.7 Å². The topological polar surface area (TPSA) is 79.9 Å². The number of rotatable bonds is 8. The van der Waals surface area contributed by atoms with Gasteiger partial charge in [-0.25, -0.2) is 4.39 Å². The molecule has 2 amide bonds. The van der Waals surface area contributed by atoms with Crippen LogP contribution in [0.15, 0.2) is 48.6 Å². The number of ether oxygens (including phenoxy) is 2. The van der Waals surface area contributed by atoms with Crippen molar-refractivity contribution >= 4 is 29.1 Å². The summed E-state index contributed by atoms with van der Waals surface area (Å²) in [5.41, 5.74) is 2.45. The molecule has 2 N–H and O–H groups in total. The smallest absolute Gasteiger partial charge is 0.263 e. The van der Waals surface area contributed by atoms with E-state index in [4.69, 9.17) is 21.1 Å². The van der Waals surface area contributed by atoms with Gasteiger partial charge in [0.15, 0.2) is 12.7 Å². The van der Waals surface area contributed by atoms with Crippen LogP contribution in [0.1, 0.15) is 31.7 Å². The lowest BCUT2D eigenvalue weighted by molar-refractivity contribution is -0.153. The summed E-state index contributed by atoms with van der Waals surface area (Å²) in [6, 6.07) is 9.97. The highest BCUT2D eigenvalue weighted by atomic mass is 35.5. The summed E-state index contributed by atoms with van der Waals surface area (Å²) in [5.74, 6) is -0.119. The Bertz CT molecular complexity index is 1230. The van der Waals surface area contributed by atoms with E-state index in [2.05, 4.69) is 28.2 Å². The second-order valence-electron chi connectivity index (χ2n) is 10.4. The molecule has 190 valence electrons. The van der Waals surface area contributed by atoms with Crippen molar-refractivity contribution in [2.75, 3.05) is 24.6 Å². The SMILES string of the molecule is C=C(C)CN1C[C@@H](C(=O)NC23CC(NC(=O)COc4ccc(Cl)c(F)c4)(C2)C3)Oc2ccc(C)cc21. The van der Waals surface area contributed by atoms with Crippen molar-refractivity contribution in [2.45, 2.75) is 50.3 Å². The van der Waals surface area contributed by atoms with Crippen molar-refractivity contribution in [3.63, 3.8) is 0 Å². The highest BCUT2D eigenvalue weighted by Gasteiger charge is 2.69. The van der Waals surface area contributed by atoms with Gasteiger partial charge in [0.1, 0.15) is 17.3 Å². The van der Waals surface area contributed by atoms with Gasteiger partial charge in [-0.1, -0.05) is 29.8 Å². The van der Waals surface area contributed by atoms with Crippen LogP contribution < -0.4 is 25.0 Å². The van der Waals surface area contributed by atoms with Crippen LogP contribution in [0.2, 0.25) is 5.02 Å². The van der Waals surface area contributed by atoms with E-state index in [9.17, 15) is 14.0 Å². The number of nitrogens with one attached hydrogen (secondary N) is 2. The summed E-state index contributed by atoms with van der Waals surface area (Å²) >= 11 is 5.66. The van der Waals surface area contributed by atoms with Crippen LogP contribution in [0, 0.1) is 12.7 Å². The third-order valence-electron chi connectivity index (χ3n) is 6.95. The summed E-state index contributed by atoms with van der Waals surface area (Å²) < 4.78 is 25.0. The van der Waals surface area contributed by atoms with Crippen molar-refractivity contribution in [3.05, 3.63) is 65.0 Å². The Morgan fingerprint density at radius 1 is 1.19 bits per heavy atom. The Balaban J connectivity index is 1.13. The standard InChI is InChI=1S/C27H29ClFN3O4/c1-16(2)10-32-11-23(36-22-7-4-17(3)8-21(22)32)25(34)31-27-13-26(14-27,15-27)30-24(33)12-35-18-5-6-19(28)20(29)9-18/h4-9,23H,1,10-15H2,2-3H3,(H,30,33)(H,31,34)/t23-,26?,27?/m0/s1. The maximum Gasteiger partial charge on any atom is 0.263 e. The number of carbonyl (C=O) groups excluding carboxylic acids is 2. The number of halogens is 2. The van der Waals surface area contributed by atoms with E-state index in [1.165, 1.54) is 12.1 Å². The largest absolute Gasteiger partial charge is 0.484 e. The summed E-state index contributed by atoms with van der Waals surface area (Å²) in [6.45, 7) is 8.88. The first-order valence-corrected chi connectivity index (χ1v) is 12.3. The maximum atomic E-state index is 13.5. The van der Waals surface area contributed by atoms with Gasteiger partial charge in [-0.05, 0) is 62.9 Å². The lowest BCUT2D eigenvalue weighted by atomic mass is 9.44. The monoisotopic (exact) mass is 513 g/mol. The van der Waals surface area contributed by atoms with Gasteiger partial charge in [0.25, 0.3) is 11.8 Å². The molecule has 0 saturated heterocycles. The fourth-order valence-corrected chi connectivity index (χ4v) is 5.64. The molecule has 3 saturated carbocycles. The highest BCUT2D eigenvalue weighted by molar-refractivity contribution is 6.30. The lowest BCUT2D eigenvalue weighted by Gasteiger charge is -2.70. The summed E-state index contributed by atoms with van der Waals surface area (Å²) in [7, 11) is 0. The number of hydrogen-bond donors (Lipinski definition) is 2. The van der Waals surface area contributed by atoms with Crippen molar-refractivity contribution in [2.24, 2.45) is 0 Å². The van der Waals surface area contributed by atoms with Crippen LogP contribution in [-0.2, 0) is 9.59 Å². The lowest BCUT2D eigenvalue weighted by Crippen LogP contribution is -2.84. The molecule has 0 spiro atoms. The van der Waals surface area contributed by atoms with Crippen molar-refractivity contribution in [1.29, 1.82) is 0 Å². The van der Waals surface area contributed by atoms with Crippen LogP contribution in [0.25, 0.3) is 0 Å². The van der Waals surface area contributed by atoms with Gasteiger partial charge < -0.3 is 25.0 Å². The molecular formula is C27H29ClFN3O4. The van der Waals surface area contributed by atoms with Crippen LogP contribution in [-0.4, -0.2) is 48.7 Å². The fraction of sp³-hybridized carbons (Fsp3) is 0.407. The summed E-state index contributed by atoms with van der Waals surface area (Å²) in [5, 5.41) is 6.15. The average Bonchev–Trinajstić information content (AvgIpc) is 2.77. The molecule has 0 aromatic heterocycles. The van der Waals surface area contributed by atoms with Crippen LogP contribution in [0.5, 0.6) is 11.5 Å². The van der Waals surface area contributed by atoms with Crippen LogP contribution in [0.4, 0.5) is 10.1 Å². The number of hydrogen-bond acceptors (Lipinski definition) is 5. The number of nitrogens with zero attached hydrogens (tertiary/aromatic N) is 1. The first-order valence-electron chi connectivity index (χ1n) is 11.9. The van der Waals surface area contributed by atoms with Gasteiger partial charge >= 0.3 is 0 Å². The summed E-state index contributed by atoms with van der Waals surface area (Å²) in [6.07, 6.45) is 1.34. The number of aryl methyl sites for hydroxylation is 1. The molecule has 36 heavy (non-hydrogen) atoms. The molecule has 2 aromatic rings.